The molecule has 0 bridgehead atoms. The Morgan fingerprint density at radius 3 is 2.58 bits per heavy atom. The molecule has 2 aliphatic heterocycles. The van der Waals surface area contributed by atoms with Crippen molar-refractivity contribution in [3.8, 4) is 0 Å². The minimum Gasteiger partial charge on any atom is -0.349 e. The van der Waals surface area contributed by atoms with Gasteiger partial charge >= 0.3 is 0 Å². The molecule has 2 aromatic rings. The zero-order valence-corrected chi connectivity index (χ0v) is 19.4. The molecule has 1 saturated heterocycles. The van der Waals surface area contributed by atoms with Crippen LogP contribution in [-0.4, -0.2) is 37.6 Å². The molecule has 0 aromatic heterocycles. The lowest BCUT2D eigenvalue weighted by atomic mass is 10.2. The van der Waals surface area contributed by atoms with Crippen molar-refractivity contribution in [2.24, 2.45) is 0 Å². The number of benzene rings is 2. The Hall–Kier alpha value is -2.33. The zero-order chi connectivity index (χ0) is 22.3. The van der Waals surface area contributed by atoms with Gasteiger partial charge in [0.25, 0.3) is 0 Å². The molecular weight excluding hydrogens is 456 g/mol. The summed E-state index contributed by atoms with van der Waals surface area (Å²) in [5.41, 5.74) is 1.68. The fourth-order valence-corrected chi connectivity index (χ4v) is 6.34. The van der Waals surface area contributed by atoms with E-state index in [4.69, 9.17) is 17.0 Å². The first-order valence-corrected chi connectivity index (χ1v) is 12.4. The number of halogens is 1. The van der Waals surface area contributed by atoms with Crippen LogP contribution in [0.3, 0.4) is 0 Å². The largest absolute Gasteiger partial charge is 0.349 e. The number of rotatable bonds is 5. The fraction of sp³-hybridized carbons (Fsp3) is 0.238. The maximum atomic E-state index is 12.9. The average molecular weight is 477 g/mol. The van der Waals surface area contributed by atoms with E-state index in [1.807, 2.05) is 24.3 Å². The van der Waals surface area contributed by atoms with E-state index in [2.05, 4.69) is 5.32 Å². The molecule has 0 atom stereocenters. The summed E-state index contributed by atoms with van der Waals surface area (Å²) in [5.74, 6) is -0.336. The van der Waals surface area contributed by atoms with E-state index >= 15 is 0 Å². The molecule has 0 radical (unpaired) electrons. The first-order chi connectivity index (χ1) is 14.8. The second-order valence-electron chi connectivity index (χ2n) is 6.99. The highest BCUT2D eigenvalue weighted by molar-refractivity contribution is 8.03. The summed E-state index contributed by atoms with van der Waals surface area (Å²) >= 11 is 7.82. The number of fused-ring (bicyclic) bond motifs is 1. The van der Waals surface area contributed by atoms with Crippen LogP contribution in [0.15, 0.2) is 62.9 Å². The van der Waals surface area contributed by atoms with E-state index < -0.39 is 10.0 Å². The molecule has 7 nitrogen and oxygen atoms in total. The molecule has 162 valence electrons. The standard InChI is InChI=1S/C21H21ClN4O3S2/c1-3-25(4-2)31(28,29)13-9-10-15(22)17(11-13)26-19(27)12-14(20(26)23)21-24-16-7-5-6-8-18(16)30-21/h5-11,23-24H,3-4,12H2,1-2H3. The summed E-state index contributed by atoms with van der Waals surface area (Å²) in [5, 5.41) is 12.9. The quantitative estimate of drug-likeness (QED) is 0.662. The molecular formula is C21H21ClN4O3S2. The van der Waals surface area contributed by atoms with Crippen molar-refractivity contribution in [2.75, 3.05) is 23.3 Å². The van der Waals surface area contributed by atoms with Crippen molar-refractivity contribution >= 4 is 56.5 Å². The zero-order valence-electron chi connectivity index (χ0n) is 17.0. The van der Waals surface area contributed by atoms with Gasteiger partial charge in [0, 0.05) is 23.6 Å². The summed E-state index contributed by atoms with van der Waals surface area (Å²) < 4.78 is 27.2. The van der Waals surface area contributed by atoms with Gasteiger partial charge in [0.1, 0.15) is 5.84 Å². The lowest BCUT2D eigenvalue weighted by molar-refractivity contribution is -0.116. The van der Waals surface area contributed by atoms with Gasteiger partial charge in [0.2, 0.25) is 15.9 Å². The van der Waals surface area contributed by atoms with E-state index in [1.54, 1.807) is 13.8 Å². The van der Waals surface area contributed by atoms with Crippen LogP contribution in [0.25, 0.3) is 0 Å². The minimum absolute atomic E-state index is 0.00732. The molecule has 1 amide bonds. The van der Waals surface area contributed by atoms with Gasteiger partial charge in [-0.25, -0.2) is 8.42 Å². The van der Waals surface area contributed by atoms with Crippen molar-refractivity contribution in [2.45, 2.75) is 30.1 Å². The number of carbonyl (C=O) groups excluding carboxylic acids is 1. The van der Waals surface area contributed by atoms with Gasteiger partial charge in [-0.15, -0.1) is 0 Å². The predicted octanol–water partition coefficient (Wildman–Crippen LogP) is 4.51. The van der Waals surface area contributed by atoms with Crippen molar-refractivity contribution in [3.63, 3.8) is 0 Å². The monoisotopic (exact) mass is 476 g/mol. The number of anilines is 2. The van der Waals surface area contributed by atoms with E-state index in [0.717, 1.165) is 15.6 Å². The van der Waals surface area contributed by atoms with Crippen LogP contribution < -0.4 is 10.2 Å². The number of thioether (sulfide) groups is 1. The van der Waals surface area contributed by atoms with E-state index in [0.29, 0.717) is 18.7 Å². The van der Waals surface area contributed by atoms with Gasteiger partial charge in [-0.1, -0.05) is 49.3 Å². The lowest BCUT2D eigenvalue weighted by Crippen LogP contribution is -2.32. The first kappa shape index (κ1) is 21.9. The smallest absolute Gasteiger partial charge is 0.243 e. The van der Waals surface area contributed by atoms with Crippen molar-refractivity contribution in [1.29, 1.82) is 5.41 Å². The number of sulfonamides is 1. The summed E-state index contributed by atoms with van der Waals surface area (Å²) in [6.07, 6.45) is 0.0332. The molecule has 2 aliphatic rings. The number of hydrogen-bond donors (Lipinski definition) is 2. The Morgan fingerprint density at radius 1 is 1.19 bits per heavy atom. The van der Waals surface area contributed by atoms with Gasteiger partial charge in [-0.2, -0.15) is 4.31 Å². The normalized spacial score (nSPS) is 18.6. The first-order valence-electron chi connectivity index (χ1n) is 9.76. The molecule has 0 aliphatic carbocycles. The number of nitrogens with zero attached hydrogens (tertiary/aromatic N) is 2. The molecule has 4 rings (SSSR count). The number of nitrogens with one attached hydrogen (secondary N) is 2. The molecule has 0 spiro atoms. The number of carbonyl (C=O) groups is 1. The third-order valence-corrected chi connectivity index (χ3v) is 8.70. The van der Waals surface area contributed by atoms with Crippen LogP contribution in [0.5, 0.6) is 0 Å². The van der Waals surface area contributed by atoms with Crippen molar-refractivity contribution in [1.82, 2.24) is 4.31 Å². The van der Waals surface area contributed by atoms with Crippen LogP contribution in [0, 0.1) is 5.41 Å². The molecule has 31 heavy (non-hydrogen) atoms. The van der Waals surface area contributed by atoms with E-state index in [-0.39, 0.29) is 33.8 Å². The number of hydrogen-bond acceptors (Lipinski definition) is 6. The number of para-hydroxylation sites is 1. The highest BCUT2D eigenvalue weighted by Crippen LogP contribution is 2.45. The summed E-state index contributed by atoms with van der Waals surface area (Å²) in [7, 11) is -3.73. The SMILES string of the molecule is CCN(CC)S(=O)(=O)c1ccc(Cl)c(N2C(=N)C(=C3Nc4ccccc4S3)CC2=O)c1. The highest BCUT2D eigenvalue weighted by atomic mass is 35.5. The van der Waals surface area contributed by atoms with Gasteiger partial charge < -0.3 is 5.32 Å². The molecule has 1 fully saturated rings. The van der Waals surface area contributed by atoms with E-state index in [9.17, 15) is 13.2 Å². The molecule has 0 saturated carbocycles. The number of amidine groups is 1. The molecule has 2 N–H and O–H groups in total. The van der Waals surface area contributed by atoms with Crippen molar-refractivity contribution < 1.29 is 13.2 Å². The third kappa shape index (κ3) is 3.76. The van der Waals surface area contributed by atoms with E-state index in [1.165, 1.54) is 39.2 Å². The predicted molar refractivity (Wildman–Crippen MR) is 124 cm³/mol. The molecule has 2 aromatic carbocycles. The van der Waals surface area contributed by atoms with Gasteiger partial charge in [0.15, 0.2) is 0 Å². The highest BCUT2D eigenvalue weighted by Gasteiger charge is 2.37. The van der Waals surface area contributed by atoms with Gasteiger partial charge in [-0.05, 0) is 30.3 Å². The minimum atomic E-state index is -3.73. The topological polar surface area (TPSA) is 93.6 Å². The Kier molecular flexibility index (Phi) is 5.87. The van der Waals surface area contributed by atoms with Crippen LogP contribution in [0.1, 0.15) is 20.3 Å². The van der Waals surface area contributed by atoms with Crippen LogP contribution in [0.2, 0.25) is 5.02 Å². The molecule has 0 unspecified atom stereocenters. The maximum Gasteiger partial charge on any atom is 0.243 e. The summed E-state index contributed by atoms with van der Waals surface area (Å²) in [4.78, 5) is 15.1. The number of amides is 1. The maximum absolute atomic E-state index is 12.9. The van der Waals surface area contributed by atoms with Gasteiger partial charge in [0.05, 0.1) is 32.7 Å². The van der Waals surface area contributed by atoms with Gasteiger partial charge in [-0.3, -0.25) is 15.1 Å². The van der Waals surface area contributed by atoms with Crippen LogP contribution >= 0.6 is 23.4 Å². The molecule has 2 heterocycles. The Morgan fingerprint density at radius 2 is 1.90 bits per heavy atom. The fourth-order valence-electron chi connectivity index (χ4n) is 3.61. The third-order valence-electron chi connectivity index (χ3n) is 5.21. The Bertz CT molecular complexity index is 1200. The van der Waals surface area contributed by atoms with Crippen LogP contribution in [-0.2, 0) is 14.8 Å². The second kappa shape index (κ2) is 8.31. The van der Waals surface area contributed by atoms with Crippen molar-refractivity contribution in [3.05, 3.63) is 58.1 Å². The second-order valence-corrected chi connectivity index (χ2v) is 10.4. The van der Waals surface area contributed by atoms with Crippen LogP contribution in [0.4, 0.5) is 11.4 Å². The lowest BCUT2D eigenvalue weighted by Gasteiger charge is -2.22. The Balaban J connectivity index is 1.72. The Labute approximate surface area is 190 Å². The average Bonchev–Trinajstić information content (AvgIpc) is 3.29. The summed E-state index contributed by atoms with van der Waals surface area (Å²) in [6.45, 7) is 4.19. The molecule has 10 heteroatoms. The summed E-state index contributed by atoms with van der Waals surface area (Å²) in [6, 6.07) is 12.0.